The van der Waals surface area contributed by atoms with Gasteiger partial charge in [-0.1, -0.05) is 146 Å². The van der Waals surface area contributed by atoms with Crippen LogP contribution in [0.4, 0.5) is 4.79 Å². The van der Waals surface area contributed by atoms with Crippen LogP contribution in [0.2, 0.25) is 0 Å². The number of aliphatic hydroxyl groups excluding tert-OH is 3. The van der Waals surface area contributed by atoms with Crippen molar-refractivity contribution in [2.75, 3.05) is 32.7 Å². The highest BCUT2D eigenvalue weighted by atomic mass is 32.2. The SMILES string of the molecule is CCS[C@H]1O[C@H](COC(=O)C[C@H](NC(=O)OCC2c3ccccc3-c3ccccc32)C(=O)N[C@@H](C)C(=O)N[C@@H](CC(=O)OC[C@H]2O[C@H](OC)[C@@H](O)[C@@H](O)[C@@H]2O)C(=O)OC(C)(C)C)[C@@H](OCc2ccccc2)[C@H](OCc2ccccc2)[C@@H]1OCc1ccccc1. The van der Waals surface area contributed by atoms with Crippen LogP contribution in [0, 0.1) is 0 Å². The molecule has 13 atom stereocenters. The summed E-state index contributed by atoms with van der Waals surface area (Å²) in [4.78, 5) is 83.7. The van der Waals surface area contributed by atoms with Crippen molar-refractivity contribution < 1.29 is 91.5 Å². The predicted octanol–water partition coefficient (Wildman–Crippen LogP) is 5.78. The van der Waals surface area contributed by atoms with Gasteiger partial charge in [0.05, 0.1) is 32.7 Å². The number of hydrogen-bond donors (Lipinski definition) is 6. The van der Waals surface area contributed by atoms with Crippen molar-refractivity contribution in [2.24, 2.45) is 0 Å². The quantitative estimate of drug-likeness (QED) is 0.0256. The van der Waals surface area contributed by atoms with Crippen LogP contribution in [0.1, 0.15) is 81.2 Å². The minimum Gasteiger partial charge on any atom is -0.463 e. The van der Waals surface area contributed by atoms with Crippen LogP contribution in [0.25, 0.3) is 11.1 Å². The molecule has 3 aliphatic rings. The zero-order chi connectivity index (χ0) is 63.6. The Labute approximate surface area is 521 Å². The molecular formula is C66H79N3O19S. The van der Waals surface area contributed by atoms with Gasteiger partial charge in [0.1, 0.15) is 97.8 Å². The Kier molecular flexibility index (Phi) is 24.7. The molecule has 478 valence electrons. The molecule has 5 aromatic rings. The molecule has 23 heteroatoms. The molecule has 89 heavy (non-hydrogen) atoms. The lowest BCUT2D eigenvalue weighted by atomic mass is 9.98. The molecule has 2 aliphatic heterocycles. The van der Waals surface area contributed by atoms with E-state index in [0.717, 1.165) is 38.9 Å². The lowest BCUT2D eigenvalue weighted by Gasteiger charge is -2.45. The lowest BCUT2D eigenvalue weighted by Crippen LogP contribution is -2.60. The lowest BCUT2D eigenvalue weighted by molar-refractivity contribution is -0.295. The van der Waals surface area contributed by atoms with Crippen LogP contribution in [0.15, 0.2) is 140 Å². The van der Waals surface area contributed by atoms with E-state index in [2.05, 4.69) is 16.0 Å². The Morgan fingerprint density at radius 3 is 1.57 bits per heavy atom. The first kappa shape index (κ1) is 67.6. The monoisotopic (exact) mass is 1250 g/mol. The Bertz CT molecular complexity index is 3070. The first-order chi connectivity index (χ1) is 42.8. The molecule has 22 nitrogen and oxygen atoms in total. The third-order valence-electron chi connectivity index (χ3n) is 14.9. The second-order valence-electron chi connectivity index (χ2n) is 22.7. The topological polar surface area (TPSA) is 292 Å². The second-order valence-corrected chi connectivity index (χ2v) is 24.0. The van der Waals surface area contributed by atoms with Crippen molar-refractivity contribution in [1.29, 1.82) is 0 Å². The number of esters is 3. The van der Waals surface area contributed by atoms with Crippen molar-refractivity contribution in [3.05, 3.63) is 167 Å². The van der Waals surface area contributed by atoms with Crippen molar-refractivity contribution >= 4 is 47.6 Å². The first-order valence-corrected chi connectivity index (χ1v) is 30.6. The van der Waals surface area contributed by atoms with Crippen LogP contribution in [-0.4, -0.2) is 168 Å². The number of hydrogen-bond acceptors (Lipinski definition) is 20. The predicted molar refractivity (Wildman–Crippen MR) is 324 cm³/mol. The number of benzene rings is 5. The Morgan fingerprint density at radius 1 is 0.551 bits per heavy atom. The van der Waals surface area contributed by atoms with Crippen LogP contribution in [0.3, 0.4) is 0 Å². The van der Waals surface area contributed by atoms with Gasteiger partial charge in [-0.25, -0.2) is 9.59 Å². The Morgan fingerprint density at radius 2 is 1.04 bits per heavy atom. The van der Waals surface area contributed by atoms with E-state index in [4.69, 9.17) is 47.4 Å². The van der Waals surface area contributed by atoms with Gasteiger partial charge < -0.3 is 78.6 Å². The molecule has 0 saturated carbocycles. The molecule has 5 aromatic carbocycles. The number of methoxy groups -OCH3 is 1. The molecule has 6 N–H and O–H groups in total. The highest BCUT2D eigenvalue weighted by Gasteiger charge is 2.50. The Balaban J connectivity index is 1.00. The van der Waals surface area contributed by atoms with Crippen molar-refractivity contribution in [3.63, 3.8) is 0 Å². The van der Waals surface area contributed by atoms with Crippen LogP contribution >= 0.6 is 11.8 Å². The zero-order valence-corrected chi connectivity index (χ0v) is 51.3. The number of nitrogens with one attached hydrogen (secondary N) is 3. The second kappa shape index (κ2) is 32.4. The molecule has 8 rings (SSSR count). The summed E-state index contributed by atoms with van der Waals surface area (Å²) in [6.45, 7) is 7.24. The van der Waals surface area contributed by atoms with E-state index in [1.165, 1.54) is 25.8 Å². The summed E-state index contributed by atoms with van der Waals surface area (Å²) in [6.07, 6.45) is -13.8. The van der Waals surface area contributed by atoms with E-state index in [1.54, 1.807) is 20.8 Å². The third kappa shape index (κ3) is 18.9. The summed E-state index contributed by atoms with van der Waals surface area (Å²) in [5.74, 6) is -4.88. The number of aliphatic hydroxyl groups is 3. The Hall–Kier alpha value is -7.29. The fourth-order valence-electron chi connectivity index (χ4n) is 10.5. The zero-order valence-electron chi connectivity index (χ0n) is 50.5. The summed E-state index contributed by atoms with van der Waals surface area (Å²) >= 11 is 1.48. The third-order valence-corrected chi connectivity index (χ3v) is 16.0. The van der Waals surface area contributed by atoms with Crippen molar-refractivity contribution in [3.8, 4) is 11.1 Å². The van der Waals surface area contributed by atoms with E-state index >= 15 is 0 Å². The number of rotatable bonds is 28. The fourth-order valence-corrected chi connectivity index (χ4v) is 11.4. The largest absolute Gasteiger partial charge is 0.463 e. The summed E-state index contributed by atoms with van der Waals surface area (Å²) in [7, 11) is 1.20. The van der Waals surface area contributed by atoms with Gasteiger partial charge >= 0.3 is 24.0 Å². The van der Waals surface area contributed by atoms with Crippen molar-refractivity contribution in [2.45, 2.75) is 157 Å². The van der Waals surface area contributed by atoms with Gasteiger partial charge in [0.15, 0.2) is 6.29 Å². The summed E-state index contributed by atoms with van der Waals surface area (Å²) in [5.41, 5.74) is 4.72. The number of thioether (sulfide) groups is 1. The number of amides is 3. The molecule has 0 radical (unpaired) electrons. The van der Waals surface area contributed by atoms with Gasteiger partial charge in [0, 0.05) is 13.0 Å². The molecule has 0 spiro atoms. The van der Waals surface area contributed by atoms with Crippen molar-refractivity contribution in [1.82, 2.24) is 16.0 Å². The smallest absolute Gasteiger partial charge is 0.407 e. The molecule has 3 amide bonds. The van der Waals surface area contributed by atoms with E-state index in [1.807, 2.05) is 146 Å². The minimum atomic E-state index is -1.74. The maximum atomic E-state index is 14.5. The number of ether oxygens (including phenoxy) is 10. The van der Waals surface area contributed by atoms with E-state index in [0.29, 0.717) is 5.75 Å². The van der Waals surface area contributed by atoms with E-state index in [-0.39, 0.29) is 32.3 Å². The fraction of sp³-hybridized carbons (Fsp3) is 0.455. The highest BCUT2D eigenvalue weighted by Crippen LogP contribution is 2.44. The summed E-state index contributed by atoms with van der Waals surface area (Å²) in [6, 6.07) is 39.3. The van der Waals surface area contributed by atoms with Crippen LogP contribution in [0.5, 0.6) is 0 Å². The molecule has 0 bridgehead atoms. The van der Waals surface area contributed by atoms with Gasteiger partial charge in [-0.15, -0.1) is 11.8 Å². The number of carbonyl (C=O) groups is 6. The average Bonchev–Trinajstić information content (AvgIpc) is 1.74. The highest BCUT2D eigenvalue weighted by molar-refractivity contribution is 7.99. The molecule has 0 aromatic heterocycles. The number of carbonyl (C=O) groups excluding carboxylic acids is 6. The first-order valence-electron chi connectivity index (χ1n) is 29.5. The maximum Gasteiger partial charge on any atom is 0.407 e. The minimum absolute atomic E-state index is 0.122. The van der Waals surface area contributed by atoms with Crippen LogP contribution in [-0.2, 0) is 91.2 Å². The molecule has 2 saturated heterocycles. The number of fused-ring (bicyclic) bond motifs is 3. The van der Waals surface area contributed by atoms with E-state index < -0.39 is 146 Å². The normalized spacial score (nSPS) is 23.3. The van der Waals surface area contributed by atoms with Gasteiger partial charge in [0.25, 0.3) is 0 Å². The van der Waals surface area contributed by atoms with Gasteiger partial charge in [-0.2, -0.15) is 0 Å². The van der Waals surface area contributed by atoms with Crippen LogP contribution < -0.4 is 16.0 Å². The molecule has 2 heterocycles. The molecule has 2 fully saturated rings. The molecule has 1 aliphatic carbocycles. The maximum absolute atomic E-state index is 14.5. The van der Waals surface area contributed by atoms with Gasteiger partial charge in [0.2, 0.25) is 11.8 Å². The molecule has 0 unspecified atom stereocenters. The van der Waals surface area contributed by atoms with Gasteiger partial charge in [-0.3, -0.25) is 19.2 Å². The summed E-state index contributed by atoms with van der Waals surface area (Å²) in [5, 5.41) is 38.4. The molecular weight excluding hydrogens is 1170 g/mol. The summed E-state index contributed by atoms with van der Waals surface area (Å²) < 4.78 is 60.1. The standard InChI is InChI=1S/C66H79N3O19S/c1-7-89-64-59(84-35-42-25-15-10-16-26-42)58(83-34-41-23-13-9-14-24-41)57(82-33-40-21-11-8-12-22-40)51(87-64)38-81-52(70)31-48(69-65(78)85-36-47-45-29-19-17-27-43(45)44-28-18-20-30-46(44)47)61(76)67-39(2)60(75)68-49(62(77)88-66(3,4)5)32-53(71)80-37-50-54(72)55(73)56(74)63(79-6)86-50/h8-30,39,47-51,54-59,63-64,72-74H,7,31-38H2,1-6H3,(H,67,76)(H,68,75)(H,69,78)/t39-,48-,49-,50+,51+,54+,55-,56-,57+,58-,59-,63-,64+/m0/s1. The average molecular weight is 1250 g/mol. The number of alkyl carbamates (subject to hydrolysis) is 1. The van der Waals surface area contributed by atoms with Gasteiger partial charge in [-0.05, 0) is 72.4 Å². The van der Waals surface area contributed by atoms with E-state index in [9.17, 15) is 44.1 Å².